The van der Waals surface area contributed by atoms with Gasteiger partial charge in [0.2, 0.25) is 5.91 Å². The summed E-state index contributed by atoms with van der Waals surface area (Å²) in [5, 5.41) is 4.00. The number of carbonyl (C=O) groups is 1. The van der Waals surface area contributed by atoms with Crippen molar-refractivity contribution in [1.29, 1.82) is 0 Å². The number of fused-ring (bicyclic) bond motifs is 3. The maximum absolute atomic E-state index is 13.2. The van der Waals surface area contributed by atoms with E-state index < -0.39 is 0 Å². The predicted molar refractivity (Wildman–Crippen MR) is 114 cm³/mol. The third-order valence-electron chi connectivity index (χ3n) is 4.69. The number of hydrogen-bond acceptors (Lipinski definition) is 5. The van der Waals surface area contributed by atoms with Crippen molar-refractivity contribution in [3.05, 3.63) is 33.4 Å². The number of rotatable bonds is 7. The summed E-state index contributed by atoms with van der Waals surface area (Å²) in [6.45, 7) is 10.8. The minimum Gasteiger partial charge on any atom is -0.355 e. The lowest BCUT2D eigenvalue weighted by molar-refractivity contribution is -0.120. The average Bonchev–Trinajstić information content (AvgIpc) is 3.01. The number of thioether (sulfide) groups is 1. The van der Waals surface area contributed by atoms with E-state index in [0.717, 1.165) is 29.5 Å². The van der Waals surface area contributed by atoms with Gasteiger partial charge in [0.15, 0.2) is 5.16 Å². The standard InChI is InChI=1S/C20H27N3O2S2/c1-5-10-23-19(25)16-14-8-6-7-9-15(14)27-18(16)22-20(23)26-13(4)17(24)21-11-12(2)3/h5,12-13H,1,6-11H2,2-4H3,(H,21,24)/t13-/m0/s1. The Bertz CT molecular complexity index is 914. The molecule has 0 bridgehead atoms. The molecule has 2 aromatic rings. The molecule has 0 radical (unpaired) electrons. The fourth-order valence-electron chi connectivity index (χ4n) is 3.26. The molecule has 0 saturated heterocycles. The minimum absolute atomic E-state index is 0.00316. The number of nitrogens with zero attached hydrogens (tertiary/aromatic N) is 2. The number of nitrogens with one attached hydrogen (secondary N) is 1. The number of aromatic nitrogens is 2. The number of allylic oxidation sites excluding steroid dienone is 1. The number of thiophene rings is 1. The maximum Gasteiger partial charge on any atom is 0.263 e. The summed E-state index contributed by atoms with van der Waals surface area (Å²) >= 11 is 2.98. The zero-order valence-electron chi connectivity index (χ0n) is 16.2. The van der Waals surface area contributed by atoms with E-state index in [1.54, 1.807) is 22.0 Å². The first-order valence-electron chi connectivity index (χ1n) is 9.52. The summed E-state index contributed by atoms with van der Waals surface area (Å²) in [6.07, 6.45) is 6.01. The van der Waals surface area contributed by atoms with Gasteiger partial charge < -0.3 is 5.32 Å². The van der Waals surface area contributed by atoms with Crippen LogP contribution in [0, 0.1) is 5.92 Å². The van der Waals surface area contributed by atoms with Gasteiger partial charge in [-0.3, -0.25) is 14.2 Å². The SMILES string of the molecule is C=CCn1c(S[C@@H](C)C(=O)NCC(C)C)nc2sc3c(c2c1=O)CCCC3. The summed E-state index contributed by atoms with van der Waals surface area (Å²) in [5.74, 6) is 0.371. The van der Waals surface area contributed by atoms with Crippen molar-refractivity contribution in [2.45, 2.75) is 63.4 Å². The van der Waals surface area contributed by atoms with Crippen molar-refractivity contribution < 1.29 is 4.79 Å². The molecular weight excluding hydrogens is 378 g/mol. The van der Waals surface area contributed by atoms with Crippen LogP contribution in [0.5, 0.6) is 0 Å². The van der Waals surface area contributed by atoms with Crippen LogP contribution in [0.25, 0.3) is 10.2 Å². The molecule has 7 heteroatoms. The zero-order valence-corrected chi connectivity index (χ0v) is 17.8. The van der Waals surface area contributed by atoms with Gasteiger partial charge in [-0.05, 0) is 44.1 Å². The van der Waals surface area contributed by atoms with E-state index >= 15 is 0 Å². The average molecular weight is 406 g/mol. The van der Waals surface area contributed by atoms with Crippen LogP contribution >= 0.6 is 23.1 Å². The normalized spacial score (nSPS) is 15.0. The second-order valence-corrected chi connectivity index (χ2v) is 9.78. The fraction of sp³-hybridized carbons (Fsp3) is 0.550. The highest BCUT2D eigenvalue weighted by Gasteiger charge is 2.24. The molecule has 0 aromatic carbocycles. The quantitative estimate of drug-likeness (QED) is 0.433. The van der Waals surface area contributed by atoms with Gasteiger partial charge in [0.25, 0.3) is 5.56 Å². The van der Waals surface area contributed by atoms with Gasteiger partial charge >= 0.3 is 0 Å². The summed E-state index contributed by atoms with van der Waals surface area (Å²) in [5.41, 5.74) is 1.19. The topological polar surface area (TPSA) is 64.0 Å². The summed E-state index contributed by atoms with van der Waals surface area (Å²) in [7, 11) is 0. The van der Waals surface area contributed by atoms with Gasteiger partial charge in [0, 0.05) is 18.0 Å². The van der Waals surface area contributed by atoms with Crippen molar-refractivity contribution in [2.24, 2.45) is 5.92 Å². The lowest BCUT2D eigenvalue weighted by Crippen LogP contribution is -2.34. The van der Waals surface area contributed by atoms with Gasteiger partial charge in [-0.25, -0.2) is 4.98 Å². The second kappa shape index (κ2) is 8.61. The molecule has 146 valence electrons. The van der Waals surface area contributed by atoms with Crippen LogP contribution in [0.2, 0.25) is 0 Å². The maximum atomic E-state index is 13.2. The molecule has 1 aliphatic rings. The number of amides is 1. The monoisotopic (exact) mass is 405 g/mol. The first-order valence-corrected chi connectivity index (χ1v) is 11.2. The molecule has 2 heterocycles. The van der Waals surface area contributed by atoms with Crippen molar-refractivity contribution in [3.8, 4) is 0 Å². The minimum atomic E-state index is -0.321. The highest BCUT2D eigenvalue weighted by molar-refractivity contribution is 8.00. The van der Waals surface area contributed by atoms with Crippen LogP contribution < -0.4 is 10.9 Å². The summed E-state index contributed by atoms with van der Waals surface area (Å²) in [6, 6.07) is 0. The predicted octanol–water partition coefficient (Wildman–Crippen LogP) is 3.78. The molecule has 1 aliphatic carbocycles. The largest absolute Gasteiger partial charge is 0.355 e. The van der Waals surface area contributed by atoms with Crippen LogP contribution in [0.4, 0.5) is 0 Å². The number of aryl methyl sites for hydroxylation is 2. The lowest BCUT2D eigenvalue weighted by atomic mass is 9.97. The Balaban J connectivity index is 1.97. The first-order chi connectivity index (χ1) is 12.9. The number of carbonyl (C=O) groups excluding carboxylic acids is 1. The zero-order chi connectivity index (χ0) is 19.6. The Kier molecular flexibility index (Phi) is 6.42. The van der Waals surface area contributed by atoms with E-state index in [-0.39, 0.29) is 16.7 Å². The van der Waals surface area contributed by atoms with E-state index in [9.17, 15) is 9.59 Å². The highest BCUT2D eigenvalue weighted by atomic mass is 32.2. The van der Waals surface area contributed by atoms with Crippen molar-refractivity contribution >= 4 is 39.2 Å². The Morgan fingerprint density at radius 2 is 2.11 bits per heavy atom. The molecule has 0 aliphatic heterocycles. The van der Waals surface area contributed by atoms with Crippen LogP contribution in [0.15, 0.2) is 22.6 Å². The van der Waals surface area contributed by atoms with Crippen LogP contribution in [-0.2, 0) is 24.2 Å². The molecule has 27 heavy (non-hydrogen) atoms. The highest BCUT2D eigenvalue weighted by Crippen LogP contribution is 2.35. The third-order valence-corrected chi connectivity index (χ3v) is 6.96. The van der Waals surface area contributed by atoms with Crippen molar-refractivity contribution in [1.82, 2.24) is 14.9 Å². The molecule has 0 unspecified atom stereocenters. The van der Waals surface area contributed by atoms with Crippen LogP contribution in [0.3, 0.4) is 0 Å². The summed E-state index contributed by atoms with van der Waals surface area (Å²) < 4.78 is 1.66. The van der Waals surface area contributed by atoms with Crippen molar-refractivity contribution in [3.63, 3.8) is 0 Å². The van der Waals surface area contributed by atoms with Gasteiger partial charge in [0.05, 0.1) is 10.6 Å². The molecule has 2 aromatic heterocycles. The van der Waals surface area contributed by atoms with Gasteiger partial charge in [0.1, 0.15) is 4.83 Å². The Hall–Kier alpha value is -1.60. The molecule has 1 N–H and O–H groups in total. The molecular formula is C20H27N3O2S2. The Labute approximate surface area is 168 Å². The smallest absolute Gasteiger partial charge is 0.263 e. The molecule has 5 nitrogen and oxygen atoms in total. The summed E-state index contributed by atoms with van der Waals surface area (Å²) in [4.78, 5) is 32.5. The Morgan fingerprint density at radius 3 is 2.81 bits per heavy atom. The van der Waals surface area contributed by atoms with Crippen molar-refractivity contribution in [2.75, 3.05) is 6.54 Å². The van der Waals surface area contributed by atoms with Gasteiger partial charge in [-0.15, -0.1) is 17.9 Å². The van der Waals surface area contributed by atoms with E-state index in [1.165, 1.54) is 28.6 Å². The molecule has 0 fully saturated rings. The van der Waals surface area contributed by atoms with Crippen LogP contribution in [0.1, 0.15) is 44.1 Å². The molecule has 0 saturated carbocycles. The lowest BCUT2D eigenvalue weighted by Gasteiger charge is -2.16. The number of hydrogen-bond donors (Lipinski definition) is 1. The Morgan fingerprint density at radius 1 is 1.37 bits per heavy atom. The van der Waals surface area contributed by atoms with Gasteiger partial charge in [-0.2, -0.15) is 0 Å². The van der Waals surface area contributed by atoms with E-state index in [2.05, 4.69) is 25.7 Å². The van der Waals surface area contributed by atoms with E-state index in [0.29, 0.717) is 24.2 Å². The molecule has 1 atom stereocenters. The molecule has 1 amide bonds. The molecule has 0 spiro atoms. The fourth-order valence-corrected chi connectivity index (χ4v) is 5.50. The first kappa shape index (κ1) is 20.1. The second-order valence-electron chi connectivity index (χ2n) is 7.39. The van der Waals surface area contributed by atoms with E-state index in [4.69, 9.17) is 4.98 Å². The third kappa shape index (κ3) is 4.29. The van der Waals surface area contributed by atoms with Gasteiger partial charge in [-0.1, -0.05) is 31.7 Å². The van der Waals surface area contributed by atoms with Crippen LogP contribution in [-0.4, -0.2) is 27.3 Å². The van der Waals surface area contributed by atoms with E-state index in [1.807, 2.05) is 6.92 Å². The molecule has 3 rings (SSSR count).